The molecule has 2 fully saturated rings. The van der Waals surface area contributed by atoms with Crippen molar-refractivity contribution in [3.63, 3.8) is 0 Å². The predicted octanol–water partition coefficient (Wildman–Crippen LogP) is 3.72. The summed E-state index contributed by atoms with van der Waals surface area (Å²) >= 11 is 0. The van der Waals surface area contributed by atoms with Crippen molar-refractivity contribution in [3.8, 4) is 0 Å². The number of hydrogen-bond acceptors (Lipinski definition) is 1. The van der Waals surface area contributed by atoms with Crippen LogP contribution in [0.2, 0.25) is 0 Å². The van der Waals surface area contributed by atoms with Gasteiger partial charge in [0.2, 0.25) is 0 Å². The van der Waals surface area contributed by atoms with Crippen molar-refractivity contribution in [1.82, 2.24) is 4.90 Å². The molecule has 0 aromatic heterocycles. The number of hydrogen-bond donors (Lipinski definition) is 0. The number of benzene rings is 1. The van der Waals surface area contributed by atoms with Gasteiger partial charge in [-0.1, -0.05) is 37.1 Å². The van der Waals surface area contributed by atoms with E-state index in [0.717, 1.165) is 5.92 Å². The molecule has 2 aliphatic heterocycles. The lowest BCUT2D eigenvalue weighted by atomic mass is 9.68. The second-order valence-corrected chi connectivity index (χ2v) is 6.40. The van der Waals surface area contributed by atoms with Crippen LogP contribution in [0.3, 0.4) is 0 Å². The van der Waals surface area contributed by atoms with Gasteiger partial charge in [0.25, 0.3) is 0 Å². The Labute approximate surface area is 110 Å². The van der Waals surface area contributed by atoms with Gasteiger partial charge in [0.1, 0.15) is 0 Å². The first-order valence-corrected chi connectivity index (χ1v) is 7.75. The first kappa shape index (κ1) is 11.0. The number of nitrogens with zero attached hydrogens (tertiary/aromatic N) is 1. The molecule has 1 aliphatic carbocycles. The summed E-state index contributed by atoms with van der Waals surface area (Å²) in [7, 11) is 0. The molecule has 1 heteroatoms. The van der Waals surface area contributed by atoms with Gasteiger partial charge >= 0.3 is 0 Å². The summed E-state index contributed by atoms with van der Waals surface area (Å²) in [5, 5.41) is 0. The molecule has 0 amide bonds. The van der Waals surface area contributed by atoms with Gasteiger partial charge < -0.3 is 0 Å². The van der Waals surface area contributed by atoms with Crippen LogP contribution in [0, 0.1) is 5.92 Å². The highest BCUT2D eigenvalue weighted by Crippen LogP contribution is 2.53. The lowest BCUT2D eigenvalue weighted by Gasteiger charge is -2.46. The summed E-state index contributed by atoms with van der Waals surface area (Å²) in [6.45, 7) is 2.67. The summed E-state index contributed by atoms with van der Waals surface area (Å²) in [6, 6.07) is 9.33. The lowest BCUT2D eigenvalue weighted by molar-refractivity contribution is 0.0636. The minimum absolute atomic E-state index is 0.436. The van der Waals surface area contributed by atoms with Gasteiger partial charge in [0.05, 0.1) is 0 Å². The average molecular weight is 241 g/mol. The van der Waals surface area contributed by atoms with Gasteiger partial charge in [0, 0.05) is 5.54 Å². The van der Waals surface area contributed by atoms with Crippen LogP contribution >= 0.6 is 0 Å². The molecular weight excluding hydrogens is 218 g/mol. The van der Waals surface area contributed by atoms with Crippen molar-refractivity contribution in [1.29, 1.82) is 0 Å². The minimum Gasteiger partial charge on any atom is -0.293 e. The maximum absolute atomic E-state index is 2.85. The average Bonchev–Trinajstić information content (AvgIpc) is 2.72. The van der Waals surface area contributed by atoms with Gasteiger partial charge in [-0.05, 0) is 62.2 Å². The Bertz CT molecular complexity index is 453. The Morgan fingerprint density at radius 2 is 1.94 bits per heavy atom. The number of rotatable bonds is 0. The highest BCUT2D eigenvalue weighted by Gasteiger charge is 2.51. The fraction of sp³-hybridized carbons (Fsp3) is 0.647. The molecule has 1 aromatic rings. The van der Waals surface area contributed by atoms with Crippen LogP contribution in [0.25, 0.3) is 0 Å². The van der Waals surface area contributed by atoms with Crippen molar-refractivity contribution in [2.75, 3.05) is 13.1 Å². The van der Waals surface area contributed by atoms with Gasteiger partial charge in [-0.3, -0.25) is 4.90 Å². The van der Waals surface area contributed by atoms with E-state index in [1.54, 1.807) is 11.1 Å². The highest BCUT2D eigenvalue weighted by molar-refractivity contribution is 5.37. The van der Waals surface area contributed by atoms with Gasteiger partial charge in [0.15, 0.2) is 0 Å². The van der Waals surface area contributed by atoms with Crippen molar-refractivity contribution >= 4 is 0 Å². The molecule has 3 aliphatic rings. The Balaban J connectivity index is 1.90. The predicted molar refractivity (Wildman–Crippen MR) is 74.6 cm³/mol. The minimum atomic E-state index is 0.436. The third-order valence-corrected chi connectivity index (χ3v) is 5.71. The van der Waals surface area contributed by atoms with Crippen LogP contribution < -0.4 is 0 Å². The van der Waals surface area contributed by atoms with E-state index in [-0.39, 0.29) is 0 Å². The molecule has 1 saturated carbocycles. The molecule has 0 radical (unpaired) electrons. The summed E-state index contributed by atoms with van der Waals surface area (Å²) in [4.78, 5) is 2.85. The molecule has 4 rings (SSSR count). The molecule has 2 atom stereocenters. The molecule has 1 aromatic carbocycles. The van der Waals surface area contributed by atoms with E-state index in [2.05, 4.69) is 29.2 Å². The topological polar surface area (TPSA) is 3.24 Å². The smallest absolute Gasteiger partial charge is 0.0491 e. The quantitative estimate of drug-likeness (QED) is 0.669. The summed E-state index contributed by atoms with van der Waals surface area (Å²) in [6.07, 6.45) is 9.85. The van der Waals surface area contributed by atoms with E-state index in [0.29, 0.717) is 5.54 Å². The molecule has 96 valence electrons. The first-order chi connectivity index (χ1) is 8.91. The molecule has 18 heavy (non-hydrogen) atoms. The number of aryl methyl sites for hydroxylation is 1. The van der Waals surface area contributed by atoms with Crippen molar-refractivity contribution in [2.45, 2.75) is 50.5 Å². The van der Waals surface area contributed by atoms with E-state index >= 15 is 0 Å². The monoisotopic (exact) mass is 241 g/mol. The van der Waals surface area contributed by atoms with Crippen LogP contribution in [0.5, 0.6) is 0 Å². The Morgan fingerprint density at radius 3 is 2.94 bits per heavy atom. The SMILES string of the molecule is c1ccc2c(c1)CCCN1CC[C@@H]3CCCC[C@@]231. The number of fused-ring (bicyclic) bond motifs is 1. The Kier molecular flexibility index (Phi) is 2.51. The van der Waals surface area contributed by atoms with Gasteiger partial charge in [-0.15, -0.1) is 0 Å². The molecule has 0 bridgehead atoms. The standard InChI is InChI=1S/C17H23N/c1-2-9-16-14(6-1)7-5-12-18-13-10-15-8-3-4-11-17(15,16)18/h1-2,6,9,15H,3-5,7-8,10-13H2/t15-,17-/m0/s1. The summed E-state index contributed by atoms with van der Waals surface area (Å²) in [5.41, 5.74) is 3.78. The molecule has 0 unspecified atom stereocenters. The zero-order chi connectivity index (χ0) is 12.0. The maximum atomic E-state index is 2.85. The largest absolute Gasteiger partial charge is 0.293 e. The van der Waals surface area contributed by atoms with Crippen LogP contribution in [0.15, 0.2) is 24.3 Å². The van der Waals surface area contributed by atoms with Crippen LogP contribution in [0.4, 0.5) is 0 Å². The van der Waals surface area contributed by atoms with Crippen LogP contribution in [0.1, 0.15) is 49.7 Å². The fourth-order valence-electron chi connectivity index (χ4n) is 5.00. The van der Waals surface area contributed by atoms with Crippen LogP contribution in [-0.4, -0.2) is 18.0 Å². The lowest BCUT2D eigenvalue weighted by Crippen LogP contribution is -2.46. The molecule has 2 heterocycles. The molecule has 1 nitrogen and oxygen atoms in total. The van der Waals surface area contributed by atoms with E-state index in [9.17, 15) is 0 Å². The van der Waals surface area contributed by atoms with Crippen molar-refractivity contribution in [3.05, 3.63) is 35.4 Å². The summed E-state index contributed by atoms with van der Waals surface area (Å²) in [5.74, 6) is 0.936. The van der Waals surface area contributed by atoms with Crippen molar-refractivity contribution < 1.29 is 0 Å². The zero-order valence-corrected chi connectivity index (χ0v) is 11.2. The zero-order valence-electron chi connectivity index (χ0n) is 11.2. The normalized spacial score (nSPS) is 35.4. The molecule has 0 N–H and O–H groups in total. The second-order valence-electron chi connectivity index (χ2n) is 6.40. The van der Waals surface area contributed by atoms with E-state index in [1.807, 2.05) is 0 Å². The van der Waals surface area contributed by atoms with E-state index in [4.69, 9.17) is 0 Å². The third-order valence-electron chi connectivity index (χ3n) is 5.71. The third kappa shape index (κ3) is 1.37. The van der Waals surface area contributed by atoms with Gasteiger partial charge in [-0.2, -0.15) is 0 Å². The van der Waals surface area contributed by atoms with Crippen LogP contribution in [-0.2, 0) is 12.0 Å². The summed E-state index contributed by atoms with van der Waals surface area (Å²) < 4.78 is 0. The first-order valence-electron chi connectivity index (χ1n) is 7.75. The van der Waals surface area contributed by atoms with Gasteiger partial charge in [-0.25, -0.2) is 0 Å². The van der Waals surface area contributed by atoms with E-state index < -0.39 is 0 Å². The molecule has 1 saturated heterocycles. The molecular formula is C17H23N. The fourth-order valence-corrected chi connectivity index (χ4v) is 5.00. The Hall–Kier alpha value is -0.820. The van der Waals surface area contributed by atoms with E-state index in [1.165, 1.54) is 58.0 Å². The maximum Gasteiger partial charge on any atom is 0.0491 e. The molecule has 1 spiro atoms. The van der Waals surface area contributed by atoms with Crippen molar-refractivity contribution in [2.24, 2.45) is 5.92 Å². The second kappa shape index (κ2) is 4.09. The highest BCUT2D eigenvalue weighted by atomic mass is 15.2. The Morgan fingerprint density at radius 1 is 1.00 bits per heavy atom.